The van der Waals surface area contributed by atoms with Crippen molar-refractivity contribution < 1.29 is 8.76 Å². The van der Waals surface area contributed by atoms with Gasteiger partial charge in [0, 0.05) is 16.2 Å². The van der Waals surface area contributed by atoms with Gasteiger partial charge in [-0.3, -0.25) is 0 Å². The number of benzene rings is 3. The average molecular weight is 347 g/mol. The van der Waals surface area contributed by atoms with E-state index in [2.05, 4.69) is 60.9 Å². The maximum atomic E-state index is 11.5. The first kappa shape index (κ1) is 14.9. The Morgan fingerprint density at radius 2 is 1.68 bits per heavy atom. The van der Waals surface area contributed by atoms with Gasteiger partial charge in [-0.25, -0.2) is 4.21 Å². The molecule has 0 aliphatic carbocycles. The summed E-state index contributed by atoms with van der Waals surface area (Å²) in [5, 5.41) is 2.15. The lowest BCUT2D eigenvalue weighted by Gasteiger charge is -2.34. The number of hydrogen-bond acceptors (Lipinski definition) is 1. The molecule has 0 radical (unpaired) electrons. The molecule has 4 heteroatoms. The largest absolute Gasteiger partial charge is 0.309 e. The fourth-order valence-corrected chi connectivity index (χ4v) is 4.66. The van der Waals surface area contributed by atoms with E-state index in [-0.39, 0.29) is 5.41 Å². The third-order valence-corrected chi connectivity index (χ3v) is 6.11. The van der Waals surface area contributed by atoms with Crippen molar-refractivity contribution >= 4 is 32.9 Å². The minimum atomic E-state index is -1.98. The summed E-state index contributed by atoms with van der Waals surface area (Å²) in [5.74, 6) is 0. The molecule has 1 aliphatic rings. The van der Waals surface area contributed by atoms with Crippen molar-refractivity contribution in [3.05, 3.63) is 71.8 Å². The van der Waals surface area contributed by atoms with E-state index in [0.717, 1.165) is 16.3 Å². The van der Waals surface area contributed by atoms with Crippen LogP contribution in [0.1, 0.15) is 25.0 Å². The molecule has 1 unspecified atom stereocenters. The smallest absolute Gasteiger partial charge is 0.186 e. The SMILES string of the molecule is CC1(C)c2ccccc2-n2c3ccc(S(=O)O)cc3c3cccc1c32. The van der Waals surface area contributed by atoms with Gasteiger partial charge in [0.1, 0.15) is 0 Å². The van der Waals surface area contributed by atoms with Crippen molar-refractivity contribution in [3.63, 3.8) is 0 Å². The van der Waals surface area contributed by atoms with Crippen LogP contribution < -0.4 is 0 Å². The number of para-hydroxylation sites is 2. The Hall–Kier alpha value is -2.43. The van der Waals surface area contributed by atoms with E-state index in [1.165, 1.54) is 22.3 Å². The van der Waals surface area contributed by atoms with Crippen LogP contribution in [0.4, 0.5) is 0 Å². The zero-order chi connectivity index (χ0) is 17.3. The molecule has 2 heterocycles. The highest BCUT2D eigenvalue weighted by atomic mass is 32.2. The van der Waals surface area contributed by atoms with Gasteiger partial charge in [-0.2, -0.15) is 0 Å². The monoisotopic (exact) mass is 347 g/mol. The molecule has 1 N–H and O–H groups in total. The lowest BCUT2D eigenvalue weighted by atomic mass is 9.75. The molecule has 0 spiro atoms. The Labute approximate surface area is 148 Å². The van der Waals surface area contributed by atoms with Crippen LogP contribution in [0, 0.1) is 0 Å². The van der Waals surface area contributed by atoms with Crippen LogP contribution in [-0.2, 0) is 16.5 Å². The number of hydrogen-bond donors (Lipinski definition) is 1. The van der Waals surface area contributed by atoms with E-state index >= 15 is 0 Å². The molecule has 0 bridgehead atoms. The second-order valence-electron chi connectivity index (χ2n) is 7.11. The fourth-order valence-electron chi connectivity index (χ4n) is 4.25. The summed E-state index contributed by atoms with van der Waals surface area (Å²) < 4.78 is 23.3. The van der Waals surface area contributed by atoms with E-state index < -0.39 is 11.1 Å². The van der Waals surface area contributed by atoms with Crippen LogP contribution in [0.15, 0.2) is 65.6 Å². The molecule has 4 aromatic rings. The Kier molecular flexibility index (Phi) is 2.86. The molecular formula is C21H17NO2S. The molecule has 1 aromatic heterocycles. The van der Waals surface area contributed by atoms with E-state index in [0.29, 0.717) is 4.90 Å². The van der Waals surface area contributed by atoms with Crippen LogP contribution in [0.2, 0.25) is 0 Å². The van der Waals surface area contributed by atoms with Gasteiger partial charge in [-0.1, -0.05) is 50.2 Å². The predicted octanol–water partition coefficient (Wildman–Crippen LogP) is 5.00. The van der Waals surface area contributed by atoms with Gasteiger partial charge in [0.25, 0.3) is 0 Å². The predicted molar refractivity (Wildman–Crippen MR) is 102 cm³/mol. The van der Waals surface area contributed by atoms with Gasteiger partial charge in [-0.15, -0.1) is 0 Å². The van der Waals surface area contributed by atoms with Crippen LogP contribution in [0.25, 0.3) is 27.5 Å². The van der Waals surface area contributed by atoms with Gasteiger partial charge < -0.3 is 9.12 Å². The van der Waals surface area contributed by atoms with Gasteiger partial charge in [0.15, 0.2) is 11.1 Å². The first-order chi connectivity index (χ1) is 12.0. The summed E-state index contributed by atoms with van der Waals surface area (Å²) in [6.07, 6.45) is 0. The third kappa shape index (κ3) is 1.81. The highest BCUT2D eigenvalue weighted by molar-refractivity contribution is 7.79. The molecule has 0 saturated carbocycles. The molecule has 0 amide bonds. The second kappa shape index (κ2) is 4.81. The molecule has 1 aliphatic heterocycles. The number of nitrogens with zero attached hydrogens (tertiary/aromatic N) is 1. The highest BCUT2D eigenvalue weighted by Gasteiger charge is 2.34. The molecule has 1 atom stereocenters. The van der Waals surface area contributed by atoms with E-state index in [4.69, 9.17) is 0 Å². The standard InChI is InChI=1S/C21H17NO2S/c1-21(2)16-7-3-4-9-19(16)22-18-11-10-13(25(23)24)12-15(18)14-6-5-8-17(21)20(14)22/h3-12H,1-2H3,(H,23,24). The van der Waals surface area contributed by atoms with E-state index in [1.54, 1.807) is 6.07 Å². The van der Waals surface area contributed by atoms with Crippen LogP contribution in [0.3, 0.4) is 0 Å². The first-order valence-corrected chi connectivity index (χ1v) is 9.39. The number of rotatable bonds is 1. The van der Waals surface area contributed by atoms with Crippen molar-refractivity contribution in [2.24, 2.45) is 0 Å². The molecule has 0 fully saturated rings. The minimum Gasteiger partial charge on any atom is -0.309 e. The topological polar surface area (TPSA) is 42.2 Å². The number of aromatic nitrogens is 1. The molecule has 0 saturated heterocycles. The van der Waals surface area contributed by atoms with Gasteiger partial charge in [0.2, 0.25) is 0 Å². The molecule has 3 nitrogen and oxygen atoms in total. The maximum absolute atomic E-state index is 11.5. The van der Waals surface area contributed by atoms with Crippen molar-refractivity contribution in [2.45, 2.75) is 24.2 Å². The summed E-state index contributed by atoms with van der Waals surface area (Å²) in [5.41, 5.74) is 5.93. The summed E-state index contributed by atoms with van der Waals surface area (Å²) in [4.78, 5) is 0.434. The lowest BCUT2D eigenvalue weighted by Crippen LogP contribution is -2.26. The summed E-state index contributed by atoms with van der Waals surface area (Å²) in [7, 11) is 0. The molecule has 5 rings (SSSR count). The molecule has 3 aromatic carbocycles. The Morgan fingerprint density at radius 1 is 0.920 bits per heavy atom. The fraction of sp³-hybridized carbons (Fsp3) is 0.143. The second-order valence-corrected chi connectivity index (χ2v) is 8.08. The minimum absolute atomic E-state index is 0.0941. The van der Waals surface area contributed by atoms with Crippen molar-refractivity contribution in [2.75, 3.05) is 0 Å². The van der Waals surface area contributed by atoms with Crippen LogP contribution in [0.5, 0.6) is 0 Å². The van der Waals surface area contributed by atoms with Crippen molar-refractivity contribution in [1.82, 2.24) is 4.57 Å². The van der Waals surface area contributed by atoms with E-state index in [9.17, 15) is 8.76 Å². The Balaban J connectivity index is 2.06. The van der Waals surface area contributed by atoms with Crippen LogP contribution >= 0.6 is 0 Å². The summed E-state index contributed by atoms with van der Waals surface area (Å²) in [6.45, 7) is 4.52. The molecular weight excluding hydrogens is 330 g/mol. The first-order valence-electron chi connectivity index (χ1n) is 8.28. The van der Waals surface area contributed by atoms with E-state index in [1.807, 2.05) is 12.1 Å². The molecule has 25 heavy (non-hydrogen) atoms. The van der Waals surface area contributed by atoms with Crippen molar-refractivity contribution in [1.29, 1.82) is 0 Å². The Morgan fingerprint density at radius 3 is 2.48 bits per heavy atom. The Bertz CT molecular complexity index is 1200. The third-order valence-electron chi connectivity index (χ3n) is 5.45. The summed E-state index contributed by atoms with van der Waals surface area (Å²) >= 11 is -1.98. The lowest BCUT2D eigenvalue weighted by molar-refractivity contribution is 0.564. The van der Waals surface area contributed by atoms with Crippen molar-refractivity contribution in [3.8, 4) is 5.69 Å². The van der Waals surface area contributed by atoms with Gasteiger partial charge in [-0.05, 0) is 35.4 Å². The van der Waals surface area contributed by atoms with Gasteiger partial charge in [0.05, 0.1) is 21.6 Å². The molecule has 124 valence electrons. The number of fused-ring (bicyclic) bond motifs is 5. The summed E-state index contributed by atoms with van der Waals surface area (Å²) in [6, 6.07) is 20.4. The normalized spacial score (nSPS) is 16.1. The zero-order valence-electron chi connectivity index (χ0n) is 14.0. The highest BCUT2D eigenvalue weighted by Crippen LogP contribution is 2.47. The average Bonchev–Trinajstić information content (AvgIpc) is 2.94. The maximum Gasteiger partial charge on any atom is 0.186 e. The van der Waals surface area contributed by atoms with Gasteiger partial charge >= 0.3 is 0 Å². The zero-order valence-corrected chi connectivity index (χ0v) is 14.8. The van der Waals surface area contributed by atoms with Crippen LogP contribution in [-0.4, -0.2) is 13.3 Å². The quantitative estimate of drug-likeness (QED) is 0.492.